The number of hydrogen-bond acceptors (Lipinski definition) is 2. The summed E-state index contributed by atoms with van der Waals surface area (Å²) in [4.78, 5) is 1.76. The SMILES string of the molecule is CC(CO)N(C)Cc1cc(F)ccc1F. The maximum atomic E-state index is 13.2. The van der Waals surface area contributed by atoms with Gasteiger partial charge in [-0.1, -0.05) is 0 Å². The zero-order valence-corrected chi connectivity index (χ0v) is 8.87. The Hall–Kier alpha value is -1.00. The van der Waals surface area contributed by atoms with E-state index in [1.54, 1.807) is 11.9 Å². The minimum absolute atomic E-state index is 0.00651. The van der Waals surface area contributed by atoms with Crippen LogP contribution in [0.4, 0.5) is 8.78 Å². The van der Waals surface area contributed by atoms with Gasteiger partial charge in [-0.15, -0.1) is 0 Å². The maximum absolute atomic E-state index is 13.2. The number of hydrogen-bond donors (Lipinski definition) is 1. The fourth-order valence-corrected chi connectivity index (χ4v) is 1.23. The largest absolute Gasteiger partial charge is 0.395 e. The van der Waals surface area contributed by atoms with Crippen molar-refractivity contribution in [2.24, 2.45) is 0 Å². The van der Waals surface area contributed by atoms with Crippen molar-refractivity contribution in [1.82, 2.24) is 4.90 Å². The van der Waals surface area contributed by atoms with Crippen molar-refractivity contribution in [3.8, 4) is 0 Å². The van der Waals surface area contributed by atoms with Crippen LogP contribution in [0.1, 0.15) is 12.5 Å². The molecule has 1 unspecified atom stereocenters. The van der Waals surface area contributed by atoms with Crippen LogP contribution in [0.2, 0.25) is 0 Å². The maximum Gasteiger partial charge on any atom is 0.127 e. The van der Waals surface area contributed by atoms with E-state index in [-0.39, 0.29) is 19.2 Å². The molecule has 0 fully saturated rings. The van der Waals surface area contributed by atoms with Gasteiger partial charge in [-0.3, -0.25) is 4.90 Å². The number of aliphatic hydroxyl groups excluding tert-OH is 1. The van der Waals surface area contributed by atoms with Gasteiger partial charge in [0.25, 0.3) is 0 Å². The first-order valence-electron chi connectivity index (χ1n) is 4.79. The van der Waals surface area contributed by atoms with Crippen molar-refractivity contribution >= 4 is 0 Å². The van der Waals surface area contributed by atoms with Crippen LogP contribution >= 0.6 is 0 Å². The lowest BCUT2D eigenvalue weighted by molar-refractivity contribution is 0.152. The highest BCUT2D eigenvalue weighted by Crippen LogP contribution is 2.12. The molecule has 0 spiro atoms. The van der Waals surface area contributed by atoms with E-state index in [1.165, 1.54) is 6.07 Å². The second kappa shape index (κ2) is 5.19. The molecule has 0 aliphatic carbocycles. The number of nitrogens with zero attached hydrogens (tertiary/aromatic N) is 1. The highest BCUT2D eigenvalue weighted by atomic mass is 19.1. The fraction of sp³-hybridized carbons (Fsp3) is 0.455. The van der Waals surface area contributed by atoms with Crippen molar-refractivity contribution in [2.75, 3.05) is 13.7 Å². The van der Waals surface area contributed by atoms with Crippen LogP contribution in [0.25, 0.3) is 0 Å². The highest BCUT2D eigenvalue weighted by molar-refractivity contribution is 5.18. The quantitative estimate of drug-likeness (QED) is 0.827. The number of aliphatic hydroxyl groups is 1. The smallest absolute Gasteiger partial charge is 0.127 e. The van der Waals surface area contributed by atoms with Crippen LogP contribution in [0.15, 0.2) is 18.2 Å². The Morgan fingerprint density at radius 2 is 2.07 bits per heavy atom. The van der Waals surface area contributed by atoms with Gasteiger partial charge >= 0.3 is 0 Å². The van der Waals surface area contributed by atoms with Gasteiger partial charge in [0, 0.05) is 18.2 Å². The normalized spacial score (nSPS) is 13.2. The molecule has 0 radical (unpaired) electrons. The predicted octanol–water partition coefficient (Wildman–Crippen LogP) is 1.78. The van der Waals surface area contributed by atoms with Crippen LogP contribution in [-0.2, 0) is 6.54 Å². The molecule has 0 aliphatic heterocycles. The number of likely N-dealkylation sites (N-methyl/N-ethyl adjacent to an activating group) is 1. The molecule has 1 aromatic rings. The molecule has 0 saturated heterocycles. The summed E-state index contributed by atoms with van der Waals surface area (Å²) in [6.45, 7) is 2.09. The van der Waals surface area contributed by atoms with Gasteiger partial charge in [-0.25, -0.2) is 8.78 Å². The second-order valence-electron chi connectivity index (χ2n) is 3.68. The van der Waals surface area contributed by atoms with E-state index < -0.39 is 11.6 Å². The summed E-state index contributed by atoms with van der Waals surface area (Å²) < 4.78 is 26.1. The summed E-state index contributed by atoms with van der Waals surface area (Å²) in [6.07, 6.45) is 0. The summed E-state index contributed by atoms with van der Waals surface area (Å²) in [5.74, 6) is -0.871. The molecule has 1 atom stereocenters. The molecule has 0 bridgehead atoms. The average molecular weight is 215 g/mol. The Balaban J connectivity index is 2.75. The Kier molecular flexibility index (Phi) is 4.17. The first-order chi connectivity index (χ1) is 7.04. The molecular weight excluding hydrogens is 200 g/mol. The molecule has 4 heteroatoms. The molecule has 2 nitrogen and oxygen atoms in total. The Labute approximate surface area is 88.1 Å². The molecule has 0 aromatic heterocycles. The summed E-state index contributed by atoms with van der Waals surface area (Å²) in [6, 6.07) is 3.31. The van der Waals surface area contributed by atoms with Crippen molar-refractivity contribution < 1.29 is 13.9 Å². The molecule has 0 saturated carbocycles. The van der Waals surface area contributed by atoms with Crippen LogP contribution in [0.3, 0.4) is 0 Å². The number of rotatable bonds is 4. The minimum atomic E-state index is -0.448. The van der Waals surface area contributed by atoms with Crippen molar-refractivity contribution in [1.29, 1.82) is 0 Å². The first-order valence-corrected chi connectivity index (χ1v) is 4.79. The zero-order valence-electron chi connectivity index (χ0n) is 8.87. The third-order valence-electron chi connectivity index (χ3n) is 2.44. The molecule has 1 N–H and O–H groups in total. The van der Waals surface area contributed by atoms with Gasteiger partial charge in [0.15, 0.2) is 0 Å². The monoisotopic (exact) mass is 215 g/mol. The molecule has 1 rings (SSSR count). The second-order valence-corrected chi connectivity index (χ2v) is 3.68. The van der Waals surface area contributed by atoms with E-state index in [2.05, 4.69) is 0 Å². The summed E-state index contributed by atoms with van der Waals surface area (Å²) in [5, 5.41) is 8.90. The first kappa shape index (κ1) is 12.1. The van der Waals surface area contributed by atoms with E-state index in [9.17, 15) is 8.78 Å². The van der Waals surface area contributed by atoms with Gasteiger partial charge in [0.2, 0.25) is 0 Å². The predicted molar refractivity (Wildman–Crippen MR) is 54.4 cm³/mol. The van der Waals surface area contributed by atoms with Gasteiger partial charge < -0.3 is 5.11 Å². The van der Waals surface area contributed by atoms with Crippen LogP contribution < -0.4 is 0 Å². The lowest BCUT2D eigenvalue weighted by atomic mass is 10.2. The number of halogens is 2. The molecule has 0 aliphatic rings. The molecule has 1 aromatic carbocycles. The summed E-state index contributed by atoms with van der Waals surface area (Å²) >= 11 is 0. The van der Waals surface area contributed by atoms with E-state index in [0.717, 1.165) is 12.1 Å². The summed E-state index contributed by atoms with van der Waals surface area (Å²) in [7, 11) is 1.76. The highest BCUT2D eigenvalue weighted by Gasteiger charge is 2.11. The zero-order chi connectivity index (χ0) is 11.4. The number of benzene rings is 1. The van der Waals surface area contributed by atoms with E-state index in [4.69, 9.17) is 5.11 Å². The average Bonchev–Trinajstić information content (AvgIpc) is 2.22. The van der Waals surface area contributed by atoms with Crippen molar-refractivity contribution in [3.63, 3.8) is 0 Å². The van der Waals surface area contributed by atoms with Gasteiger partial charge in [-0.05, 0) is 32.2 Å². The lowest BCUT2D eigenvalue weighted by Gasteiger charge is -2.22. The third kappa shape index (κ3) is 3.25. The molecule has 0 heterocycles. The van der Waals surface area contributed by atoms with Crippen LogP contribution in [0.5, 0.6) is 0 Å². The molecule has 15 heavy (non-hydrogen) atoms. The van der Waals surface area contributed by atoms with E-state index in [1.807, 2.05) is 6.92 Å². The Morgan fingerprint density at radius 3 is 2.67 bits per heavy atom. The summed E-state index contributed by atoms with van der Waals surface area (Å²) in [5.41, 5.74) is 0.304. The Morgan fingerprint density at radius 1 is 1.40 bits per heavy atom. The van der Waals surface area contributed by atoms with Gasteiger partial charge in [0.05, 0.1) is 6.61 Å². The Bertz CT molecular complexity index is 330. The topological polar surface area (TPSA) is 23.5 Å². The third-order valence-corrected chi connectivity index (χ3v) is 2.44. The van der Waals surface area contributed by atoms with E-state index in [0.29, 0.717) is 5.56 Å². The van der Waals surface area contributed by atoms with Gasteiger partial charge in [-0.2, -0.15) is 0 Å². The van der Waals surface area contributed by atoms with Gasteiger partial charge in [0.1, 0.15) is 11.6 Å². The fourth-order valence-electron chi connectivity index (χ4n) is 1.23. The lowest BCUT2D eigenvalue weighted by Crippen LogP contribution is -2.31. The van der Waals surface area contributed by atoms with Crippen molar-refractivity contribution in [3.05, 3.63) is 35.4 Å². The standard InChI is InChI=1S/C11H15F2NO/c1-8(7-15)14(2)6-9-5-10(12)3-4-11(9)13/h3-5,8,15H,6-7H2,1-2H3. The molecular formula is C11H15F2NO. The van der Waals surface area contributed by atoms with Crippen LogP contribution in [0, 0.1) is 11.6 Å². The molecule has 84 valence electrons. The van der Waals surface area contributed by atoms with E-state index >= 15 is 0 Å². The molecule has 0 amide bonds. The van der Waals surface area contributed by atoms with Crippen molar-refractivity contribution in [2.45, 2.75) is 19.5 Å². The minimum Gasteiger partial charge on any atom is -0.395 e. The van der Waals surface area contributed by atoms with Crippen LogP contribution in [-0.4, -0.2) is 29.7 Å².